The van der Waals surface area contributed by atoms with Gasteiger partial charge in [-0.3, -0.25) is 0 Å². The number of benzene rings is 1. The monoisotopic (exact) mass is 402 g/mol. The molecule has 2 heterocycles. The van der Waals surface area contributed by atoms with E-state index in [2.05, 4.69) is 20.3 Å². The molecule has 1 aromatic carbocycles. The lowest BCUT2D eigenvalue weighted by Crippen LogP contribution is -2.42. The molecule has 0 unspecified atom stereocenters. The van der Waals surface area contributed by atoms with E-state index in [1.54, 1.807) is 24.3 Å². The van der Waals surface area contributed by atoms with E-state index in [9.17, 15) is 21.6 Å². The molecule has 3 N–H and O–H groups in total. The summed E-state index contributed by atoms with van der Waals surface area (Å²) in [7, 11) is -3.69. The van der Waals surface area contributed by atoms with Gasteiger partial charge in [0.05, 0.1) is 5.75 Å². The quantitative estimate of drug-likeness (QED) is 0.785. The third kappa shape index (κ3) is 5.04. The van der Waals surface area contributed by atoms with Gasteiger partial charge in [0.15, 0.2) is 0 Å². The zero-order valence-corrected chi connectivity index (χ0v) is 14.8. The van der Waals surface area contributed by atoms with E-state index in [0.29, 0.717) is 17.7 Å². The number of hydrogen-bond acceptors (Lipinski definition) is 7. The summed E-state index contributed by atoms with van der Waals surface area (Å²) >= 11 is 0. The van der Waals surface area contributed by atoms with Crippen molar-refractivity contribution in [2.75, 3.05) is 16.8 Å². The van der Waals surface area contributed by atoms with E-state index in [4.69, 9.17) is 5.14 Å². The van der Waals surface area contributed by atoms with Crippen molar-refractivity contribution in [1.29, 1.82) is 0 Å². The highest BCUT2D eigenvalue weighted by Crippen LogP contribution is 2.34. The maximum atomic E-state index is 13.1. The number of nitrogens with two attached hydrogens (primary N) is 1. The molecule has 146 valence electrons. The van der Waals surface area contributed by atoms with Gasteiger partial charge in [0.1, 0.15) is 12.4 Å². The van der Waals surface area contributed by atoms with Gasteiger partial charge in [-0.25, -0.2) is 23.5 Å². The minimum absolute atomic E-state index is 0.00640. The van der Waals surface area contributed by atoms with Gasteiger partial charge in [-0.05, 0) is 30.5 Å². The van der Waals surface area contributed by atoms with Gasteiger partial charge in [-0.1, -0.05) is 12.1 Å². The molecular weight excluding hydrogens is 385 g/mol. The van der Waals surface area contributed by atoms with Crippen molar-refractivity contribution < 1.29 is 21.6 Å². The fourth-order valence-electron chi connectivity index (χ4n) is 2.93. The summed E-state index contributed by atoms with van der Waals surface area (Å²) < 4.78 is 61.8. The normalized spacial score (nSPS) is 17.9. The van der Waals surface area contributed by atoms with E-state index < -0.39 is 22.2 Å². The van der Waals surface area contributed by atoms with Gasteiger partial charge >= 0.3 is 6.18 Å². The molecule has 0 bridgehead atoms. The van der Waals surface area contributed by atoms with Crippen molar-refractivity contribution in [2.45, 2.75) is 30.8 Å². The maximum Gasteiger partial charge on any atom is 0.408 e. The number of sulfonamides is 1. The SMILES string of the molecule is NS(=O)(=O)Cc1cccc(Nc2ncnc(N3CCC[C@H]3C(F)(F)F)n2)c1. The van der Waals surface area contributed by atoms with Crippen LogP contribution in [0.3, 0.4) is 0 Å². The summed E-state index contributed by atoms with van der Waals surface area (Å²) in [6, 6.07) is 4.77. The molecule has 0 aliphatic carbocycles. The van der Waals surface area contributed by atoms with E-state index in [1.165, 1.54) is 0 Å². The van der Waals surface area contributed by atoms with Gasteiger partial charge in [0.25, 0.3) is 0 Å². The number of anilines is 3. The highest BCUT2D eigenvalue weighted by Gasteiger charge is 2.46. The van der Waals surface area contributed by atoms with E-state index in [0.717, 1.165) is 11.2 Å². The Morgan fingerprint density at radius 3 is 2.78 bits per heavy atom. The van der Waals surface area contributed by atoms with Crippen molar-refractivity contribution in [1.82, 2.24) is 15.0 Å². The van der Waals surface area contributed by atoms with E-state index >= 15 is 0 Å². The smallest absolute Gasteiger partial charge is 0.329 e. The summed E-state index contributed by atoms with van der Waals surface area (Å²) in [5, 5.41) is 7.87. The van der Waals surface area contributed by atoms with Crippen molar-refractivity contribution in [3.05, 3.63) is 36.2 Å². The number of hydrogen-bond donors (Lipinski definition) is 2. The first-order valence-corrected chi connectivity index (χ1v) is 9.72. The van der Waals surface area contributed by atoms with Crippen LogP contribution in [0, 0.1) is 0 Å². The van der Waals surface area contributed by atoms with E-state index in [-0.39, 0.29) is 30.6 Å². The van der Waals surface area contributed by atoms with Crippen LogP contribution in [0.4, 0.5) is 30.8 Å². The molecule has 1 atom stereocenters. The first kappa shape index (κ1) is 19.3. The summed E-state index contributed by atoms with van der Waals surface area (Å²) in [6.07, 6.45) is -2.84. The number of primary sulfonamides is 1. The Morgan fingerprint density at radius 2 is 2.07 bits per heavy atom. The Hall–Kier alpha value is -2.47. The van der Waals surface area contributed by atoms with Gasteiger partial charge in [0, 0.05) is 12.2 Å². The minimum atomic E-state index is -4.36. The Balaban J connectivity index is 1.80. The Morgan fingerprint density at radius 1 is 1.30 bits per heavy atom. The van der Waals surface area contributed by atoms with Gasteiger partial charge in [-0.15, -0.1) is 0 Å². The van der Waals surface area contributed by atoms with E-state index in [1.807, 2.05) is 0 Å². The molecule has 0 saturated carbocycles. The van der Waals surface area contributed by atoms with Crippen LogP contribution in [0.1, 0.15) is 18.4 Å². The number of alkyl halides is 3. The lowest BCUT2D eigenvalue weighted by atomic mass is 10.2. The Kier molecular flexibility index (Phi) is 5.20. The minimum Gasteiger partial charge on any atom is -0.329 e. The molecule has 0 amide bonds. The summed E-state index contributed by atoms with van der Waals surface area (Å²) in [5.41, 5.74) is 0.926. The topological polar surface area (TPSA) is 114 Å². The first-order valence-electron chi connectivity index (χ1n) is 8.01. The second kappa shape index (κ2) is 7.27. The van der Waals surface area contributed by atoms with Crippen LogP contribution >= 0.6 is 0 Å². The maximum absolute atomic E-state index is 13.1. The highest BCUT2D eigenvalue weighted by molar-refractivity contribution is 7.88. The molecule has 12 heteroatoms. The molecule has 2 aromatic rings. The molecular formula is C15H17F3N6O2S. The van der Waals surface area contributed by atoms with Crippen molar-refractivity contribution in [3.63, 3.8) is 0 Å². The Bertz CT molecular complexity index is 922. The summed E-state index contributed by atoms with van der Waals surface area (Å²) in [5.74, 6) is -0.347. The summed E-state index contributed by atoms with van der Waals surface area (Å²) in [4.78, 5) is 13.0. The summed E-state index contributed by atoms with van der Waals surface area (Å²) in [6.45, 7) is 0.206. The van der Waals surface area contributed by atoms with Gasteiger partial charge < -0.3 is 10.2 Å². The second-order valence-electron chi connectivity index (χ2n) is 6.13. The number of nitrogens with zero attached hydrogens (tertiary/aromatic N) is 4. The van der Waals surface area contributed by atoms with Crippen LogP contribution in [0.5, 0.6) is 0 Å². The van der Waals surface area contributed by atoms with Crippen molar-refractivity contribution >= 4 is 27.6 Å². The zero-order chi connectivity index (χ0) is 19.7. The van der Waals surface area contributed by atoms with Crippen molar-refractivity contribution in [3.8, 4) is 0 Å². The zero-order valence-electron chi connectivity index (χ0n) is 14.0. The van der Waals surface area contributed by atoms with Crippen LogP contribution in [-0.2, 0) is 15.8 Å². The highest BCUT2D eigenvalue weighted by atomic mass is 32.2. The molecule has 1 aliphatic rings. The van der Waals surface area contributed by atoms with Crippen LogP contribution in [0.2, 0.25) is 0 Å². The molecule has 1 aliphatic heterocycles. The fourth-order valence-corrected chi connectivity index (χ4v) is 3.58. The number of rotatable bonds is 5. The number of nitrogens with one attached hydrogen (secondary N) is 1. The average molecular weight is 402 g/mol. The third-order valence-corrected chi connectivity index (χ3v) is 4.73. The molecule has 3 rings (SSSR count). The van der Waals surface area contributed by atoms with Crippen LogP contribution in [0.15, 0.2) is 30.6 Å². The molecule has 27 heavy (non-hydrogen) atoms. The molecule has 0 spiro atoms. The molecule has 8 nitrogen and oxygen atoms in total. The number of halogens is 3. The standard InChI is InChI=1S/C15H17F3N6O2S/c16-15(17,18)12-5-2-6-24(12)14-21-9-20-13(23-14)22-11-4-1-3-10(7-11)8-27(19,25)26/h1,3-4,7,9,12H,2,5-6,8H2,(H2,19,25,26)(H,20,21,22,23)/t12-/m0/s1. The molecule has 1 aromatic heterocycles. The third-order valence-electron chi connectivity index (χ3n) is 4.00. The molecule has 1 saturated heterocycles. The van der Waals surface area contributed by atoms with Crippen LogP contribution < -0.4 is 15.4 Å². The van der Waals surface area contributed by atoms with Crippen LogP contribution in [0.25, 0.3) is 0 Å². The predicted octanol–water partition coefficient (Wildman–Crippen LogP) is 1.93. The Labute approximate surface area is 153 Å². The predicted molar refractivity (Wildman–Crippen MR) is 92.8 cm³/mol. The average Bonchev–Trinajstić information content (AvgIpc) is 3.04. The molecule has 0 radical (unpaired) electrons. The lowest BCUT2D eigenvalue weighted by Gasteiger charge is -2.26. The molecule has 1 fully saturated rings. The first-order chi connectivity index (χ1) is 12.6. The van der Waals surface area contributed by atoms with Gasteiger partial charge in [0.2, 0.25) is 21.9 Å². The fraction of sp³-hybridized carbons (Fsp3) is 0.400. The van der Waals surface area contributed by atoms with Crippen molar-refractivity contribution in [2.24, 2.45) is 5.14 Å². The largest absolute Gasteiger partial charge is 0.408 e. The lowest BCUT2D eigenvalue weighted by molar-refractivity contribution is -0.146. The second-order valence-corrected chi connectivity index (χ2v) is 7.75. The number of aromatic nitrogens is 3. The van der Waals surface area contributed by atoms with Gasteiger partial charge in [-0.2, -0.15) is 18.2 Å². The van der Waals surface area contributed by atoms with Crippen LogP contribution in [-0.4, -0.2) is 42.1 Å².